The summed E-state index contributed by atoms with van der Waals surface area (Å²) >= 11 is 5.87. The van der Waals surface area contributed by atoms with Crippen LogP contribution < -0.4 is 5.32 Å². The van der Waals surface area contributed by atoms with E-state index in [1.807, 2.05) is 0 Å². The van der Waals surface area contributed by atoms with E-state index in [4.69, 9.17) is 16.1 Å². The molecular formula is C10H13ClN2O2. The lowest BCUT2D eigenvalue weighted by atomic mass is 10.2. The first-order valence-electron chi connectivity index (χ1n) is 5.11. The fourth-order valence-corrected chi connectivity index (χ4v) is 1.98. The maximum absolute atomic E-state index is 11.7. The standard InChI is InChI=1S/C10H13ClN2O2/c1-6-8(11)9(15-13-6)10(14)12-7-4-2-3-5-7/h7H,2-5H2,1H3,(H,12,14). The third-order valence-electron chi connectivity index (χ3n) is 2.69. The highest BCUT2D eigenvalue weighted by Gasteiger charge is 2.23. The van der Waals surface area contributed by atoms with Gasteiger partial charge in [-0.05, 0) is 19.8 Å². The van der Waals surface area contributed by atoms with Crippen LogP contribution in [0, 0.1) is 6.92 Å². The molecule has 1 aliphatic rings. The molecular weight excluding hydrogens is 216 g/mol. The zero-order valence-electron chi connectivity index (χ0n) is 8.55. The molecule has 5 heteroatoms. The highest BCUT2D eigenvalue weighted by Crippen LogP contribution is 2.22. The molecule has 0 aliphatic heterocycles. The Bertz CT molecular complexity index is 369. The summed E-state index contributed by atoms with van der Waals surface area (Å²) in [6.45, 7) is 1.71. The first kappa shape index (κ1) is 10.5. The predicted octanol–water partition coefficient (Wildman–Crippen LogP) is 2.31. The SMILES string of the molecule is Cc1noc(C(=O)NC2CCCC2)c1Cl. The molecule has 4 nitrogen and oxygen atoms in total. The first-order valence-corrected chi connectivity index (χ1v) is 5.49. The van der Waals surface area contributed by atoms with Gasteiger partial charge in [-0.3, -0.25) is 4.79 Å². The van der Waals surface area contributed by atoms with Crippen LogP contribution in [-0.2, 0) is 0 Å². The fourth-order valence-electron chi connectivity index (χ4n) is 1.82. The molecule has 0 spiro atoms. The van der Waals surface area contributed by atoms with Crippen molar-refractivity contribution in [3.05, 3.63) is 16.5 Å². The van der Waals surface area contributed by atoms with Crippen LogP contribution >= 0.6 is 11.6 Å². The lowest BCUT2D eigenvalue weighted by molar-refractivity contribution is 0.0900. The number of carbonyl (C=O) groups is 1. The molecule has 1 aromatic heterocycles. The number of nitrogens with zero attached hydrogens (tertiary/aromatic N) is 1. The van der Waals surface area contributed by atoms with Gasteiger partial charge in [-0.1, -0.05) is 29.6 Å². The van der Waals surface area contributed by atoms with E-state index in [1.165, 1.54) is 12.8 Å². The summed E-state index contributed by atoms with van der Waals surface area (Å²) < 4.78 is 4.87. The Labute approximate surface area is 93.0 Å². The Morgan fingerprint density at radius 3 is 2.73 bits per heavy atom. The Morgan fingerprint density at radius 2 is 2.20 bits per heavy atom. The minimum absolute atomic E-state index is 0.126. The highest BCUT2D eigenvalue weighted by atomic mass is 35.5. The molecule has 0 aromatic carbocycles. The second kappa shape index (κ2) is 4.23. The van der Waals surface area contributed by atoms with Crippen molar-refractivity contribution in [2.75, 3.05) is 0 Å². The van der Waals surface area contributed by atoms with Crippen LogP contribution in [0.1, 0.15) is 41.9 Å². The Kier molecular flexibility index (Phi) is 2.95. The largest absolute Gasteiger partial charge is 0.349 e. The van der Waals surface area contributed by atoms with Gasteiger partial charge in [0.05, 0.1) is 5.69 Å². The smallest absolute Gasteiger partial charge is 0.291 e. The lowest BCUT2D eigenvalue weighted by Crippen LogP contribution is -2.32. The Hall–Kier alpha value is -1.03. The van der Waals surface area contributed by atoms with Crippen molar-refractivity contribution in [2.45, 2.75) is 38.6 Å². The van der Waals surface area contributed by atoms with Crippen molar-refractivity contribution in [2.24, 2.45) is 0 Å². The highest BCUT2D eigenvalue weighted by molar-refractivity contribution is 6.33. The first-order chi connectivity index (χ1) is 7.18. The van der Waals surface area contributed by atoms with Gasteiger partial charge in [0.25, 0.3) is 5.91 Å². The number of aryl methyl sites for hydroxylation is 1. The number of carbonyl (C=O) groups excluding carboxylic acids is 1. The topological polar surface area (TPSA) is 55.1 Å². The summed E-state index contributed by atoms with van der Waals surface area (Å²) in [5.41, 5.74) is 0.549. The molecule has 0 unspecified atom stereocenters. The maximum Gasteiger partial charge on any atom is 0.291 e. The van der Waals surface area contributed by atoms with E-state index in [2.05, 4.69) is 10.5 Å². The lowest BCUT2D eigenvalue weighted by Gasteiger charge is -2.09. The van der Waals surface area contributed by atoms with Gasteiger partial charge in [0.15, 0.2) is 0 Å². The number of amides is 1. The zero-order chi connectivity index (χ0) is 10.8. The van der Waals surface area contributed by atoms with Crippen molar-refractivity contribution in [3.8, 4) is 0 Å². The molecule has 1 amide bonds. The molecule has 1 aliphatic carbocycles. The second-order valence-electron chi connectivity index (χ2n) is 3.87. The summed E-state index contributed by atoms with van der Waals surface area (Å²) in [6.07, 6.45) is 4.43. The number of aromatic nitrogens is 1. The van der Waals surface area contributed by atoms with Gasteiger partial charge in [0.1, 0.15) is 5.02 Å². The second-order valence-corrected chi connectivity index (χ2v) is 4.24. The van der Waals surface area contributed by atoms with Crippen LogP contribution in [0.5, 0.6) is 0 Å². The van der Waals surface area contributed by atoms with Crippen LogP contribution in [0.3, 0.4) is 0 Å². The predicted molar refractivity (Wildman–Crippen MR) is 56.0 cm³/mol. The number of hydrogen-bond acceptors (Lipinski definition) is 3. The van der Waals surface area contributed by atoms with E-state index in [9.17, 15) is 4.79 Å². The van der Waals surface area contributed by atoms with Crippen molar-refractivity contribution in [1.29, 1.82) is 0 Å². The van der Waals surface area contributed by atoms with E-state index in [1.54, 1.807) is 6.92 Å². The molecule has 1 aromatic rings. The molecule has 15 heavy (non-hydrogen) atoms. The third-order valence-corrected chi connectivity index (χ3v) is 3.13. The van der Waals surface area contributed by atoms with E-state index in [0.717, 1.165) is 12.8 Å². The van der Waals surface area contributed by atoms with Gasteiger partial charge < -0.3 is 9.84 Å². The number of hydrogen-bond donors (Lipinski definition) is 1. The average molecular weight is 229 g/mol. The summed E-state index contributed by atoms with van der Waals surface area (Å²) in [6, 6.07) is 0.263. The van der Waals surface area contributed by atoms with Gasteiger partial charge in [-0.25, -0.2) is 0 Å². The van der Waals surface area contributed by atoms with E-state index in [-0.39, 0.29) is 17.7 Å². The molecule has 1 N–H and O–H groups in total. The third kappa shape index (κ3) is 2.15. The number of halogens is 1. The van der Waals surface area contributed by atoms with Crippen LogP contribution in [-0.4, -0.2) is 17.1 Å². The minimum Gasteiger partial charge on any atom is -0.349 e. The van der Waals surface area contributed by atoms with Gasteiger partial charge in [0, 0.05) is 6.04 Å². The quantitative estimate of drug-likeness (QED) is 0.845. The summed E-state index contributed by atoms with van der Waals surface area (Å²) in [4.78, 5) is 11.7. The van der Waals surface area contributed by atoms with Gasteiger partial charge in [0.2, 0.25) is 5.76 Å². The van der Waals surface area contributed by atoms with Crippen molar-refractivity contribution in [1.82, 2.24) is 10.5 Å². The molecule has 0 atom stereocenters. The van der Waals surface area contributed by atoms with Crippen LogP contribution in [0.15, 0.2) is 4.52 Å². The van der Waals surface area contributed by atoms with Crippen LogP contribution in [0.4, 0.5) is 0 Å². The Morgan fingerprint density at radius 1 is 1.53 bits per heavy atom. The maximum atomic E-state index is 11.7. The molecule has 0 bridgehead atoms. The molecule has 82 valence electrons. The summed E-state index contributed by atoms with van der Waals surface area (Å²) in [5, 5.41) is 6.85. The Balaban J connectivity index is 2.04. The van der Waals surface area contributed by atoms with Crippen LogP contribution in [0.25, 0.3) is 0 Å². The molecule has 0 radical (unpaired) electrons. The van der Waals surface area contributed by atoms with Crippen molar-refractivity contribution in [3.63, 3.8) is 0 Å². The van der Waals surface area contributed by atoms with Gasteiger partial charge in [-0.15, -0.1) is 0 Å². The van der Waals surface area contributed by atoms with E-state index in [0.29, 0.717) is 10.7 Å². The monoisotopic (exact) mass is 228 g/mol. The average Bonchev–Trinajstić information content (AvgIpc) is 2.79. The molecule has 0 saturated heterocycles. The molecule has 1 heterocycles. The van der Waals surface area contributed by atoms with Crippen molar-refractivity contribution >= 4 is 17.5 Å². The van der Waals surface area contributed by atoms with Crippen molar-refractivity contribution < 1.29 is 9.32 Å². The summed E-state index contributed by atoms with van der Waals surface area (Å²) in [5.74, 6) is -0.131. The van der Waals surface area contributed by atoms with E-state index >= 15 is 0 Å². The number of rotatable bonds is 2. The summed E-state index contributed by atoms with van der Waals surface area (Å²) in [7, 11) is 0. The number of nitrogens with one attached hydrogen (secondary N) is 1. The van der Waals surface area contributed by atoms with Crippen LogP contribution in [0.2, 0.25) is 5.02 Å². The molecule has 1 saturated carbocycles. The van der Waals surface area contributed by atoms with Gasteiger partial charge in [-0.2, -0.15) is 0 Å². The molecule has 2 rings (SSSR count). The zero-order valence-corrected chi connectivity index (χ0v) is 9.30. The minimum atomic E-state index is -0.257. The van der Waals surface area contributed by atoms with E-state index < -0.39 is 0 Å². The molecule has 1 fully saturated rings. The normalized spacial score (nSPS) is 16.9. The van der Waals surface area contributed by atoms with Gasteiger partial charge >= 0.3 is 0 Å². The fraction of sp³-hybridized carbons (Fsp3) is 0.600.